The summed E-state index contributed by atoms with van der Waals surface area (Å²) in [5.74, 6) is 0.105. The van der Waals surface area contributed by atoms with Crippen LogP contribution in [0.3, 0.4) is 0 Å². The summed E-state index contributed by atoms with van der Waals surface area (Å²) >= 11 is 0. The molecule has 6 heteroatoms. The third-order valence-electron chi connectivity index (χ3n) is 2.46. The number of nitrogen functional groups attached to an aromatic ring is 1. The predicted octanol–water partition coefficient (Wildman–Crippen LogP) is 2.60. The lowest BCUT2D eigenvalue weighted by Crippen LogP contribution is -1.97. The normalized spacial score (nSPS) is 11.3. The summed E-state index contributed by atoms with van der Waals surface area (Å²) in [6, 6.07) is 9.60. The fraction of sp³-hybridized carbons (Fsp3) is 0.0769. The van der Waals surface area contributed by atoms with Crippen LogP contribution >= 0.6 is 0 Å². The van der Waals surface area contributed by atoms with E-state index in [4.69, 9.17) is 10.5 Å². The van der Waals surface area contributed by atoms with Gasteiger partial charge in [0.25, 0.3) is 0 Å². The van der Waals surface area contributed by atoms with Crippen molar-refractivity contribution in [2.45, 2.75) is 4.90 Å². The molecule has 100 valence electrons. The van der Waals surface area contributed by atoms with Gasteiger partial charge in [-0.2, -0.15) is 0 Å². The van der Waals surface area contributed by atoms with Gasteiger partial charge < -0.3 is 10.5 Å². The molecule has 0 fully saturated rings. The van der Waals surface area contributed by atoms with Gasteiger partial charge in [-0.25, -0.2) is 12.8 Å². The number of hydrogen-bond acceptors (Lipinski definition) is 4. The highest BCUT2D eigenvalue weighted by molar-refractivity contribution is 7.90. The van der Waals surface area contributed by atoms with Gasteiger partial charge in [-0.1, -0.05) is 0 Å². The zero-order valence-corrected chi connectivity index (χ0v) is 10.9. The third-order valence-corrected chi connectivity index (χ3v) is 3.58. The molecular formula is C13H12FNO3S. The topological polar surface area (TPSA) is 69.4 Å². The summed E-state index contributed by atoms with van der Waals surface area (Å²) in [5, 5.41) is 0. The molecule has 0 aliphatic carbocycles. The average molecular weight is 281 g/mol. The van der Waals surface area contributed by atoms with E-state index in [1.54, 1.807) is 0 Å². The molecule has 0 saturated heterocycles. The second-order valence-corrected chi connectivity index (χ2v) is 6.04. The van der Waals surface area contributed by atoms with E-state index < -0.39 is 15.7 Å². The molecule has 0 aliphatic heterocycles. The molecule has 0 aromatic heterocycles. The highest BCUT2D eigenvalue weighted by Crippen LogP contribution is 2.28. The van der Waals surface area contributed by atoms with Gasteiger partial charge in [0, 0.05) is 12.3 Å². The smallest absolute Gasteiger partial charge is 0.175 e. The Morgan fingerprint density at radius 2 is 1.74 bits per heavy atom. The van der Waals surface area contributed by atoms with Crippen LogP contribution in [0.4, 0.5) is 10.1 Å². The Balaban J connectivity index is 2.27. The first-order chi connectivity index (χ1) is 8.86. The lowest BCUT2D eigenvalue weighted by Gasteiger charge is -2.08. The van der Waals surface area contributed by atoms with E-state index in [1.165, 1.54) is 42.5 Å². The van der Waals surface area contributed by atoms with Gasteiger partial charge in [0.1, 0.15) is 11.6 Å². The lowest BCUT2D eigenvalue weighted by molar-refractivity contribution is 0.479. The van der Waals surface area contributed by atoms with Crippen molar-refractivity contribution in [2.24, 2.45) is 0 Å². The first kappa shape index (κ1) is 13.4. The van der Waals surface area contributed by atoms with Gasteiger partial charge in [0.15, 0.2) is 15.6 Å². The van der Waals surface area contributed by atoms with E-state index in [1.807, 2.05) is 0 Å². The standard InChI is InChI=1S/C13H12FNO3S/c1-19(16,17)11-5-3-10(4-6-11)18-13-8-9(14)2-7-12(13)15/h2-8H,15H2,1H3. The Hall–Kier alpha value is -2.08. The van der Waals surface area contributed by atoms with E-state index in [2.05, 4.69) is 0 Å². The molecule has 0 unspecified atom stereocenters. The monoisotopic (exact) mass is 281 g/mol. The predicted molar refractivity (Wildman–Crippen MR) is 70.4 cm³/mol. The van der Waals surface area contributed by atoms with Gasteiger partial charge in [-0.05, 0) is 36.4 Å². The van der Waals surface area contributed by atoms with Crippen LogP contribution in [-0.2, 0) is 9.84 Å². The third kappa shape index (κ3) is 3.23. The Bertz CT molecular complexity index is 696. The van der Waals surface area contributed by atoms with E-state index in [9.17, 15) is 12.8 Å². The highest BCUT2D eigenvalue weighted by atomic mass is 32.2. The van der Waals surface area contributed by atoms with Crippen molar-refractivity contribution in [3.8, 4) is 11.5 Å². The van der Waals surface area contributed by atoms with Crippen molar-refractivity contribution in [3.63, 3.8) is 0 Å². The number of rotatable bonds is 3. The fourth-order valence-electron chi connectivity index (χ4n) is 1.48. The summed E-state index contributed by atoms with van der Waals surface area (Å²) in [4.78, 5) is 0.187. The molecule has 0 bridgehead atoms. The van der Waals surface area contributed by atoms with Gasteiger partial charge >= 0.3 is 0 Å². The lowest BCUT2D eigenvalue weighted by atomic mass is 10.3. The minimum atomic E-state index is -3.25. The maximum Gasteiger partial charge on any atom is 0.175 e. The SMILES string of the molecule is CS(=O)(=O)c1ccc(Oc2cc(F)ccc2N)cc1. The largest absolute Gasteiger partial charge is 0.455 e. The molecule has 0 heterocycles. The molecule has 0 aliphatic rings. The number of ether oxygens (including phenoxy) is 1. The zero-order chi connectivity index (χ0) is 14.0. The molecule has 2 aromatic rings. The second kappa shape index (κ2) is 4.89. The van der Waals surface area contributed by atoms with Crippen molar-refractivity contribution in [3.05, 3.63) is 48.3 Å². The number of halogens is 1. The van der Waals surface area contributed by atoms with Crippen molar-refractivity contribution < 1.29 is 17.5 Å². The van der Waals surface area contributed by atoms with Gasteiger partial charge in [0.2, 0.25) is 0 Å². The van der Waals surface area contributed by atoms with E-state index in [0.29, 0.717) is 11.4 Å². The molecule has 2 aromatic carbocycles. The van der Waals surface area contributed by atoms with Crippen molar-refractivity contribution in [1.82, 2.24) is 0 Å². The molecule has 0 saturated carbocycles. The van der Waals surface area contributed by atoms with Crippen LogP contribution in [0, 0.1) is 5.82 Å². The Morgan fingerprint density at radius 1 is 1.11 bits per heavy atom. The Morgan fingerprint density at radius 3 is 2.32 bits per heavy atom. The number of sulfone groups is 1. The van der Waals surface area contributed by atoms with Crippen LogP contribution in [0.15, 0.2) is 47.4 Å². The quantitative estimate of drug-likeness (QED) is 0.878. The molecule has 0 atom stereocenters. The molecule has 0 spiro atoms. The Kier molecular flexibility index (Phi) is 3.44. The fourth-order valence-corrected chi connectivity index (χ4v) is 2.11. The molecule has 2 rings (SSSR count). The average Bonchev–Trinajstić information content (AvgIpc) is 2.33. The maximum absolute atomic E-state index is 13.1. The highest BCUT2D eigenvalue weighted by Gasteiger charge is 2.08. The van der Waals surface area contributed by atoms with E-state index in [0.717, 1.165) is 6.26 Å². The minimum absolute atomic E-state index is 0.187. The van der Waals surface area contributed by atoms with Crippen LogP contribution < -0.4 is 10.5 Å². The van der Waals surface area contributed by atoms with Crippen LogP contribution in [-0.4, -0.2) is 14.7 Å². The van der Waals surface area contributed by atoms with Crippen LogP contribution in [0.25, 0.3) is 0 Å². The Labute approximate surface area is 110 Å². The summed E-state index contributed by atoms with van der Waals surface area (Å²) in [7, 11) is -3.25. The first-order valence-corrected chi connectivity index (χ1v) is 7.28. The second-order valence-electron chi connectivity index (χ2n) is 4.03. The molecular weight excluding hydrogens is 269 g/mol. The molecule has 0 amide bonds. The van der Waals surface area contributed by atoms with Gasteiger partial charge in [-0.3, -0.25) is 0 Å². The maximum atomic E-state index is 13.1. The summed E-state index contributed by atoms with van der Waals surface area (Å²) in [6.45, 7) is 0. The number of anilines is 1. The number of hydrogen-bond donors (Lipinski definition) is 1. The summed E-state index contributed by atoms with van der Waals surface area (Å²) < 4.78 is 41.0. The zero-order valence-electron chi connectivity index (χ0n) is 10.1. The molecule has 0 radical (unpaired) electrons. The van der Waals surface area contributed by atoms with Crippen molar-refractivity contribution in [2.75, 3.05) is 12.0 Å². The number of benzene rings is 2. The van der Waals surface area contributed by atoms with Crippen molar-refractivity contribution in [1.29, 1.82) is 0 Å². The first-order valence-electron chi connectivity index (χ1n) is 5.39. The van der Waals surface area contributed by atoms with E-state index >= 15 is 0 Å². The number of nitrogens with two attached hydrogens (primary N) is 1. The molecule has 19 heavy (non-hydrogen) atoms. The van der Waals surface area contributed by atoms with Crippen LogP contribution in [0.1, 0.15) is 0 Å². The van der Waals surface area contributed by atoms with Gasteiger partial charge in [-0.15, -0.1) is 0 Å². The van der Waals surface area contributed by atoms with Crippen molar-refractivity contribution >= 4 is 15.5 Å². The van der Waals surface area contributed by atoms with Crippen LogP contribution in [0.5, 0.6) is 11.5 Å². The minimum Gasteiger partial charge on any atom is -0.455 e. The van der Waals surface area contributed by atoms with Crippen LogP contribution in [0.2, 0.25) is 0 Å². The van der Waals surface area contributed by atoms with E-state index in [-0.39, 0.29) is 10.6 Å². The summed E-state index contributed by atoms with van der Waals surface area (Å²) in [5.41, 5.74) is 5.95. The van der Waals surface area contributed by atoms with Gasteiger partial charge in [0.05, 0.1) is 10.6 Å². The molecule has 4 nitrogen and oxygen atoms in total. The summed E-state index contributed by atoms with van der Waals surface area (Å²) in [6.07, 6.45) is 1.12. The molecule has 2 N–H and O–H groups in total.